The molecule has 1 aromatic heterocycles. The number of hydrogen-bond donors (Lipinski definition) is 0. The predicted molar refractivity (Wildman–Crippen MR) is 104 cm³/mol. The third-order valence-electron chi connectivity index (χ3n) is 6.50. The second-order valence-electron chi connectivity index (χ2n) is 8.49. The smallest absolute Gasteiger partial charge is 0.349 e. The summed E-state index contributed by atoms with van der Waals surface area (Å²) >= 11 is 6.28. The van der Waals surface area contributed by atoms with Gasteiger partial charge in [0.05, 0.1) is 31.2 Å². The zero-order valence-corrected chi connectivity index (χ0v) is 17.2. The summed E-state index contributed by atoms with van der Waals surface area (Å²) in [5.74, 6) is -0.660. The maximum absolute atomic E-state index is 13.1. The molecule has 5 rings (SSSR count). The van der Waals surface area contributed by atoms with E-state index in [1.54, 1.807) is 0 Å². The van der Waals surface area contributed by atoms with E-state index in [0.717, 1.165) is 23.5 Å². The molecule has 2 aliphatic heterocycles. The van der Waals surface area contributed by atoms with Crippen LogP contribution in [0.4, 0.5) is 13.2 Å². The van der Waals surface area contributed by atoms with Gasteiger partial charge in [0.25, 0.3) is 0 Å². The van der Waals surface area contributed by atoms with Gasteiger partial charge in [-0.2, -0.15) is 13.2 Å². The number of rotatable bonds is 1. The average molecular weight is 442 g/mol. The minimum Gasteiger partial charge on any atom is -0.349 e. The summed E-state index contributed by atoms with van der Waals surface area (Å²) in [5.41, 5.74) is 1.87. The SMILES string of the molecule is FC(F)(F)[C@H]1CC[C@H](c2nnc3n2-c2ccc(Cl)cc2CC2(C3)OCCCO2)CC1. The van der Waals surface area contributed by atoms with Gasteiger partial charge < -0.3 is 9.47 Å². The maximum atomic E-state index is 13.1. The van der Waals surface area contributed by atoms with Crippen LogP contribution in [0.3, 0.4) is 0 Å². The van der Waals surface area contributed by atoms with Gasteiger partial charge in [0.2, 0.25) is 0 Å². The second-order valence-corrected chi connectivity index (χ2v) is 8.92. The highest BCUT2D eigenvalue weighted by Crippen LogP contribution is 2.44. The molecule has 0 unspecified atom stereocenters. The van der Waals surface area contributed by atoms with E-state index in [4.69, 9.17) is 21.1 Å². The van der Waals surface area contributed by atoms with Gasteiger partial charge in [-0.15, -0.1) is 10.2 Å². The van der Waals surface area contributed by atoms with E-state index >= 15 is 0 Å². The van der Waals surface area contributed by atoms with Gasteiger partial charge in [-0.1, -0.05) is 11.6 Å². The number of nitrogens with zero attached hydrogens (tertiary/aromatic N) is 3. The first-order chi connectivity index (χ1) is 14.3. The Bertz CT molecular complexity index is 932. The van der Waals surface area contributed by atoms with Gasteiger partial charge in [-0.3, -0.25) is 4.57 Å². The molecule has 30 heavy (non-hydrogen) atoms. The van der Waals surface area contributed by atoms with Crippen LogP contribution >= 0.6 is 11.6 Å². The Morgan fingerprint density at radius 1 is 1.03 bits per heavy atom. The minimum absolute atomic E-state index is 0.0596. The van der Waals surface area contributed by atoms with Crippen molar-refractivity contribution in [2.45, 2.75) is 62.8 Å². The number of hydrogen-bond acceptors (Lipinski definition) is 4. The molecule has 2 aromatic rings. The third-order valence-corrected chi connectivity index (χ3v) is 6.73. The van der Waals surface area contributed by atoms with Crippen LogP contribution in [-0.2, 0) is 22.3 Å². The van der Waals surface area contributed by atoms with Crippen molar-refractivity contribution in [3.05, 3.63) is 40.4 Å². The van der Waals surface area contributed by atoms with Gasteiger partial charge in [-0.25, -0.2) is 0 Å². The summed E-state index contributed by atoms with van der Waals surface area (Å²) in [5, 5.41) is 9.48. The number of aromatic nitrogens is 3. The first-order valence-electron chi connectivity index (χ1n) is 10.4. The molecule has 1 saturated carbocycles. The van der Waals surface area contributed by atoms with Crippen LogP contribution in [-0.4, -0.2) is 39.9 Å². The van der Waals surface area contributed by atoms with Gasteiger partial charge in [0.1, 0.15) is 11.6 Å². The molecular weight excluding hydrogens is 419 g/mol. The van der Waals surface area contributed by atoms with Crippen LogP contribution in [0.5, 0.6) is 0 Å². The van der Waals surface area contributed by atoms with Crippen LogP contribution in [0.15, 0.2) is 18.2 Å². The molecule has 5 nitrogen and oxygen atoms in total. The fraction of sp³-hybridized carbons (Fsp3) is 0.619. The summed E-state index contributed by atoms with van der Waals surface area (Å²) in [6.45, 7) is 1.22. The van der Waals surface area contributed by atoms with Crippen molar-refractivity contribution in [1.29, 1.82) is 0 Å². The van der Waals surface area contributed by atoms with Gasteiger partial charge in [0, 0.05) is 17.4 Å². The van der Waals surface area contributed by atoms with Crippen LogP contribution < -0.4 is 0 Å². The lowest BCUT2D eigenvalue weighted by atomic mass is 9.81. The van der Waals surface area contributed by atoms with E-state index in [9.17, 15) is 13.2 Å². The molecule has 1 aliphatic carbocycles. The van der Waals surface area contributed by atoms with Crippen molar-refractivity contribution in [2.24, 2.45) is 5.92 Å². The summed E-state index contributed by atoms with van der Waals surface area (Å²) < 4.78 is 53.5. The van der Waals surface area contributed by atoms with Crippen LogP contribution in [0.2, 0.25) is 5.02 Å². The molecule has 3 heterocycles. The first-order valence-corrected chi connectivity index (χ1v) is 10.8. The number of ether oxygens (including phenoxy) is 2. The number of halogens is 4. The largest absolute Gasteiger partial charge is 0.391 e. The number of alkyl halides is 3. The van der Waals surface area contributed by atoms with E-state index in [-0.39, 0.29) is 18.8 Å². The van der Waals surface area contributed by atoms with Crippen molar-refractivity contribution in [1.82, 2.24) is 14.8 Å². The fourth-order valence-electron chi connectivity index (χ4n) is 4.98. The highest BCUT2D eigenvalue weighted by Gasteiger charge is 2.44. The average Bonchev–Trinajstić information content (AvgIpc) is 3.06. The van der Waals surface area contributed by atoms with E-state index in [1.807, 2.05) is 22.8 Å². The first kappa shape index (κ1) is 20.3. The Morgan fingerprint density at radius 2 is 1.77 bits per heavy atom. The number of benzene rings is 1. The molecule has 0 bridgehead atoms. The van der Waals surface area contributed by atoms with E-state index in [1.165, 1.54) is 0 Å². The molecule has 1 aromatic carbocycles. The zero-order chi connectivity index (χ0) is 20.9. The molecule has 2 fully saturated rings. The van der Waals surface area contributed by atoms with E-state index in [2.05, 4.69) is 10.2 Å². The van der Waals surface area contributed by atoms with E-state index in [0.29, 0.717) is 49.7 Å². The molecular formula is C21H23ClF3N3O2. The second kappa shape index (κ2) is 7.50. The Labute approximate surface area is 177 Å². The van der Waals surface area contributed by atoms with Crippen LogP contribution in [0.1, 0.15) is 55.2 Å². The molecule has 9 heteroatoms. The van der Waals surface area contributed by atoms with E-state index < -0.39 is 17.9 Å². The van der Waals surface area contributed by atoms with Gasteiger partial charge >= 0.3 is 6.18 Å². The van der Waals surface area contributed by atoms with Crippen molar-refractivity contribution in [3.8, 4) is 5.69 Å². The van der Waals surface area contributed by atoms with Crippen molar-refractivity contribution < 1.29 is 22.6 Å². The lowest BCUT2D eigenvalue weighted by Gasteiger charge is -2.36. The molecule has 162 valence electrons. The molecule has 0 N–H and O–H groups in total. The van der Waals surface area contributed by atoms with Gasteiger partial charge in [-0.05, 0) is 55.9 Å². The Morgan fingerprint density at radius 3 is 2.47 bits per heavy atom. The molecule has 3 aliphatic rings. The lowest BCUT2D eigenvalue weighted by molar-refractivity contribution is -0.265. The standard InChI is InChI=1S/C21H23ClF3N3O2/c22-16-6-7-17-14(10-16)11-20(29-8-1-9-30-20)12-18-26-27-19(28(17)18)13-2-4-15(5-3-13)21(23,24)25/h6-7,10,13,15H,1-5,8-9,11-12H2/t13-,15-. The molecule has 1 saturated heterocycles. The quantitative estimate of drug-likeness (QED) is 0.625. The van der Waals surface area contributed by atoms with Crippen molar-refractivity contribution >= 4 is 11.6 Å². The normalized spacial score (nSPS) is 26.1. The minimum atomic E-state index is -4.13. The Hall–Kier alpha value is -1.64. The lowest BCUT2D eigenvalue weighted by Crippen LogP contribution is -2.44. The fourth-order valence-corrected chi connectivity index (χ4v) is 5.17. The number of fused-ring (bicyclic) bond motifs is 3. The van der Waals surface area contributed by atoms with Gasteiger partial charge in [0.15, 0.2) is 5.79 Å². The highest BCUT2D eigenvalue weighted by molar-refractivity contribution is 6.30. The maximum Gasteiger partial charge on any atom is 0.391 e. The Balaban J connectivity index is 1.52. The molecule has 0 amide bonds. The van der Waals surface area contributed by atoms with Crippen LogP contribution in [0, 0.1) is 5.92 Å². The monoisotopic (exact) mass is 441 g/mol. The topological polar surface area (TPSA) is 49.2 Å². The summed E-state index contributed by atoms with van der Waals surface area (Å²) in [7, 11) is 0. The third kappa shape index (κ3) is 3.63. The predicted octanol–water partition coefficient (Wildman–Crippen LogP) is 4.99. The zero-order valence-electron chi connectivity index (χ0n) is 16.4. The summed E-state index contributed by atoms with van der Waals surface area (Å²) in [6.07, 6.45) is -1.17. The molecule has 0 atom stereocenters. The summed E-state index contributed by atoms with van der Waals surface area (Å²) in [6, 6.07) is 5.64. The van der Waals surface area contributed by atoms with Crippen LogP contribution in [0.25, 0.3) is 5.69 Å². The molecule has 1 spiro atoms. The highest BCUT2D eigenvalue weighted by atomic mass is 35.5. The van der Waals surface area contributed by atoms with Crippen molar-refractivity contribution in [2.75, 3.05) is 13.2 Å². The van der Waals surface area contributed by atoms with Crippen molar-refractivity contribution in [3.63, 3.8) is 0 Å². The molecule has 0 radical (unpaired) electrons. The summed E-state index contributed by atoms with van der Waals surface area (Å²) in [4.78, 5) is 0. The Kier molecular flexibility index (Phi) is 5.07.